The van der Waals surface area contributed by atoms with Crippen molar-refractivity contribution in [1.29, 1.82) is 0 Å². The van der Waals surface area contributed by atoms with E-state index in [1.54, 1.807) is 23.6 Å². The predicted octanol–water partition coefficient (Wildman–Crippen LogP) is 4.03. The Hall–Kier alpha value is -3.82. The van der Waals surface area contributed by atoms with Crippen LogP contribution in [0.3, 0.4) is 0 Å². The van der Waals surface area contributed by atoms with E-state index in [4.69, 9.17) is 0 Å². The lowest BCUT2D eigenvalue weighted by atomic mass is 10.1. The van der Waals surface area contributed by atoms with Crippen LogP contribution < -0.4 is 10.1 Å². The van der Waals surface area contributed by atoms with Gasteiger partial charge in [0.2, 0.25) is 5.78 Å². The van der Waals surface area contributed by atoms with Crippen molar-refractivity contribution in [1.82, 2.24) is 5.43 Å². The molecule has 0 saturated carbocycles. The van der Waals surface area contributed by atoms with Crippen molar-refractivity contribution in [2.45, 2.75) is 4.21 Å². The molecule has 0 atom stereocenters. The highest BCUT2D eigenvalue weighted by Gasteiger charge is 2.29. The average Bonchev–Trinajstić information content (AvgIpc) is 3.43. The number of sulfonamides is 1. The molecule has 0 bridgehead atoms. The Balaban J connectivity index is 1.34. The largest absolute Gasteiger partial charge is 0.287 e. The standard InChI is InChI=1S/C23H15N3O4S2/c27-22-18-7-2-5-14-4-1-6-17(20(14)18)21(22)24-25-23(28)15-9-11-16(12-10-15)26-32(29,30)19-8-3-13-31-19/h1-13,26H,(H,25,28)/b24-21+. The molecule has 1 heterocycles. The third-order valence-electron chi connectivity index (χ3n) is 5.05. The number of anilines is 1. The number of carbonyl (C=O) groups excluding carboxylic acids is 2. The monoisotopic (exact) mass is 461 g/mol. The van der Waals surface area contributed by atoms with Crippen LogP contribution in [0, 0.1) is 0 Å². The molecule has 0 unspecified atom stereocenters. The van der Waals surface area contributed by atoms with Crippen LogP contribution in [0.1, 0.15) is 26.3 Å². The molecule has 158 valence electrons. The third-order valence-corrected chi connectivity index (χ3v) is 7.83. The second-order valence-corrected chi connectivity index (χ2v) is 9.91. The van der Waals surface area contributed by atoms with Crippen LogP contribution in [0.15, 0.2) is 87.5 Å². The molecule has 0 spiro atoms. The van der Waals surface area contributed by atoms with Gasteiger partial charge in [-0.3, -0.25) is 14.3 Å². The highest BCUT2D eigenvalue weighted by molar-refractivity contribution is 7.94. The van der Waals surface area contributed by atoms with Crippen LogP contribution in [-0.2, 0) is 10.0 Å². The number of ketones is 1. The van der Waals surface area contributed by atoms with Crippen LogP contribution in [0.25, 0.3) is 10.8 Å². The zero-order chi connectivity index (χ0) is 22.3. The summed E-state index contributed by atoms with van der Waals surface area (Å²) in [5.41, 5.74) is 4.46. The van der Waals surface area contributed by atoms with Crippen LogP contribution in [-0.4, -0.2) is 25.8 Å². The van der Waals surface area contributed by atoms with Gasteiger partial charge in [-0.25, -0.2) is 13.8 Å². The molecule has 32 heavy (non-hydrogen) atoms. The number of hydrogen-bond donors (Lipinski definition) is 2. The zero-order valence-corrected chi connectivity index (χ0v) is 18.0. The van der Waals surface area contributed by atoms with Crippen molar-refractivity contribution in [3.8, 4) is 0 Å². The molecule has 0 radical (unpaired) electrons. The molecular weight excluding hydrogens is 446 g/mol. The molecule has 0 fully saturated rings. The maximum Gasteiger partial charge on any atom is 0.271 e. The summed E-state index contributed by atoms with van der Waals surface area (Å²) >= 11 is 1.11. The van der Waals surface area contributed by atoms with E-state index < -0.39 is 15.9 Å². The molecule has 0 aliphatic heterocycles. The summed E-state index contributed by atoms with van der Waals surface area (Å²) in [5, 5.41) is 7.54. The molecule has 3 aromatic carbocycles. The maximum absolute atomic E-state index is 12.8. The number of Topliss-reactive ketones (excluding diaryl/α,β-unsaturated/α-hetero) is 1. The van der Waals surface area contributed by atoms with E-state index in [2.05, 4.69) is 15.2 Å². The van der Waals surface area contributed by atoms with E-state index in [-0.39, 0.29) is 21.3 Å². The summed E-state index contributed by atoms with van der Waals surface area (Å²) in [7, 11) is -3.67. The average molecular weight is 462 g/mol. The van der Waals surface area contributed by atoms with E-state index in [1.165, 1.54) is 30.3 Å². The van der Waals surface area contributed by atoms with E-state index in [9.17, 15) is 18.0 Å². The summed E-state index contributed by atoms with van der Waals surface area (Å²) in [6.07, 6.45) is 0. The normalized spacial score (nSPS) is 14.1. The molecule has 4 aromatic rings. The molecule has 1 amide bonds. The minimum Gasteiger partial charge on any atom is -0.287 e. The minimum atomic E-state index is -3.67. The Morgan fingerprint density at radius 1 is 0.875 bits per heavy atom. The number of hydrazone groups is 1. The fourth-order valence-corrected chi connectivity index (χ4v) is 5.62. The van der Waals surface area contributed by atoms with E-state index in [1.807, 2.05) is 24.3 Å². The first kappa shape index (κ1) is 20.1. The Morgan fingerprint density at radius 2 is 1.59 bits per heavy atom. The predicted molar refractivity (Wildman–Crippen MR) is 124 cm³/mol. The lowest BCUT2D eigenvalue weighted by Gasteiger charge is -2.07. The number of thiophene rings is 1. The molecule has 1 aliphatic carbocycles. The molecule has 0 saturated heterocycles. The summed E-state index contributed by atoms with van der Waals surface area (Å²) in [4.78, 5) is 25.3. The van der Waals surface area contributed by atoms with Gasteiger partial charge in [0.1, 0.15) is 9.92 Å². The lowest BCUT2D eigenvalue weighted by molar-refractivity contribution is 0.0955. The second kappa shape index (κ2) is 7.70. The van der Waals surface area contributed by atoms with Crippen molar-refractivity contribution < 1.29 is 18.0 Å². The van der Waals surface area contributed by atoms with E-state index in [0.717, 1.165) is 22.1 Å². The van der Waals surface area contributed by atoms with Crippen molar-refractivity contribution in [2.75, 3.05) is 4.72 Å². The Bertz CT molecular complexity index is 1500. The van der Waals surface area contributed by atoms with Gasteiger partial charge in [-0.1, -0.05) is 42.5 Å². The Kier molecular flexibility index (Phi) is 4.84. The first-order valence-corrected chi connectivity index (χ1v) is 11.9. The summed E-state index contributed by atoms with van der Waals surface area (Å²) in [6, 6.07) is 20.2. The van der Waals surface area contributed by atoms with Crippen molar-refractivity contribution in [2.24, 2.45) is 5.10 Å². The number of nitrogens with one attached hydrogen (secondary N) is 2. The summed E-state index contributed by atoms with van der Waals surface area (Å²) in [6.45, 7) is 0. The molecule has 2 N–H and O–H groups in total. The third kappa shape index (κ3) is 3.47. The zero-order valence-electron chi connectivity index (χ0n) is 16.4. The van der Waals surface area contributed by atoms with Crippen molar-refractivity contribution >= 4 is 55.2 Å². The van der Waals surface area contributed by atoms with Crippen molar-refractivity contribution in [3.05, 3.63) is 94.9 Å². The van der Waals surface area contributed by atoms with Crippen LogP contribution >= 0.6 is 11.3 Å². The molecule has 7 nitrogen and oxygen atoms in total. The number of nitrogens with zero attached hydrogens (tertiary/aromatic N) is 1. The van der Waals surface area contributed by atoms with E-state index in [0.29, 0.717) is 16.8 Å². The van der Waals surface area contributed by atoms with Crippen molar-refractivity contribution in [3.63, 3.8) is 0 Å². The van der Waals surface area contributed by atoms with E-state index >= 15 is 0 Å². The number of carbonyl (C=O) groups is 2. The van der Waals surface area contributed by atoms with Gasteiger partial charge in [-0.15, -0.1) is 11.3 Å². The SMILES string of the molecule is O=C(N/N=C1/C(=O)c2cccc3cccc1c23)c1ccc(NS(=O)(=O)c2cccs2)cc1. The Morgan fingerprint density at radius 3 is 2.28 bits per heavy atom. The highest BCUT2D eigenvalue weighted by atomic mass is 32.2. The fourth-order valence-electron chi connectivity index (χ4n) is 3.57. The topological polar surface area (TPSA) is 105 Å². The van der Waals surface area contributed by atoms with Gasteiger partial charge in [0.05, 0.1) is 0 Å². The molecule has 1 aliphatic rings. The summed E-state index contributed by atoms with van der Waals surface area (Å²) in [5.74, 6) is -0.753. The first-order chi connectivity index (χ1) is 15.4. The van der Waals surface area contributed by atoms with Gasteiger partial charge in [-0.2, -0.15) is 5.10 Å². The molecule has 5 rings (SSSR count). The fraction of sp³-hybridized carbons (Fsp3) is 0. The van der Waals surface area contributed by atoms with Gasteiger partial charge in [0.15, 0.2) is 0 Å². The number of hydrogen-bond acceptors (Lipinski definition) is 6. The van der Waals surface area contributed by atoms with Crippen LogP contribution in [0.4, 0.5) is 5.69 Å². The lowest BCUT2D eigenvalue weighted by Crippen LogP contribution is -2.22. The van der Waals surface area contributed by atoms with Crippen LogP contribution in [0.5, 0.6) is 0 Å². The summed E-state index contributed by atoms with van der Waals surface area (Å²) < 4.78 is 27.3. The van der Waals surface area contributed by atoms with Crippen LogP contribution in [0.2, 0.25) is 0 Å². The highest BCUT2D eigenvalue weighted by Crippen LogP contribution is 2.30. The maximum atomic E-state index is 12.8. The number of rotatable bonds is 5. The van der Waals surface area contributed by atoms with Gasteiger partial charge in [-0.05, 0) is 41.1 Å². The quantitative estimate of drug-likeness (QED) is 0.438. The smallest absolute Gasteiger partial charge is 0.271 e. The molecular formula is C23H15N3O4S2. The Labute approximate surface area is 187 Å². The van der Waals surface area contributed by atoms with Gasteiger partial charge in [0.25, 0.3) is 15.9 Å². The second-order valence-electron chi connectivity index (χ2n) is 7.05. The molecule has 1 aromatic heterocycles. The minimum absolute atomic E-state index is 0.186. The first-order valence-electron chi connectivity index (χ1n) is 9.55. The number of amides is 1. The van der Waals surface area contributed by atoms with Gasteiger partial charge >= 0.3 is 0 Å². The molecule has 9 heteroatoms. The number of benzene rings is 3. The van der Waals surface area contributed by atoms with Gasteiger partial charge < -0.3 is 0 Å². The van der Waals surface area contributed by atoms with Gasteiger partial charge in [0, 0.05) is 27.8 Å².